The first-order valence-corrected chi connectivity index (χ1v) is 5.55. The van der Waals surface area contributed by atoms with Crippen LogP contribution in [0.3, 0.4) is 0 Å². The van der Waals surface area contributed by atoms with E-state index < -0.39 is 6.36 Å². The summed E-state index contributed by atoms with van der Waals surface area (Å²) in [5.74, 6) is -0.316. The molecule has 0 radical (unpaired) electrons. The third-order valence-electron chi connectivity index (χ3n) is 2.60. The molecule has 6 heteroatoms. The lowest BCUT2D eigenvalue weighted by Crippen LogP contribution is -2.17. The number of rotatable bonds is 2. The monoisotopic (exact) mass is 278 g/mol. The SMILES string of the molecule is N#Cc1ccc(-c2ccccc2OC(F)(F)F)cc1N. The van der Waals surface area contributed by atoms with Gasteiger partial charge < -0.3 is 10.5 Å². The predicted octanol–water partition coefficient (Wildman–Crippen LogP) is 3.71. The molecule has 0 aliphatic rings. The Morgan fingerprint density at radius 3 is 2.40 bits per heavy atom. The third kappa shape index (κ3) is 3.01. The van der Waals surface area contributed by atoms with Gasteiger partial charge in [0.1, 0.15) is 11.8 Å². The molecule has 0 fully saturated rings. The highest BCUT2D eigenvalue weighted by molar-refractivity contribution is 5.75. The number of hydrogen-bond donors (Lipinski definition) is 1. The van der Waals surface area contributed by atoms with Crippen molar-refractivity contribution in [1.29, 1.82) is 5.26 Å². The standard InChI is InChI=1S/C14H9F3N2O/c15-14(16,17)20-13-4-2-1-3-11(13)9-5-6-10(8-18)12(19)7-9/h1-7H,19H2. The highest BCUT2D eigenvalue weighted by atomic mass is 19.4. The van der Waals surface area contributed by atoms with Crippen LogP contribution in [0.15, 0.2) is 42.5 Å². The van der Waals surface area contributed by atoms with Gasteiger partial charge in [-0.05, 0) is 23.8 Å². The molecule has 2 aromatic carbocycles. The smallest absolute Gasteiger partial charge is 0.405 e. The second-order valence-electron chi connectivity index (χ2n) is 3.96. The summed E-state index contributed by atoms with van der Waals surface area (Å²) < 4.78 is 41.0. The van der Waals surface area contributed by atoms with Gasteiger partial charge in [0.05, 0.1) is 11.3 Å². The van der Waals surface area contributed by atoms with Crippen LogP contribution in [0.1, 0.15) is 5.56 Å². The number of hydrogen-bond acceptors (Lipinski definition) is 3. The maximum atomic E-state index is 12.3. The van der Waals surface area contributed by atoms with E-state index in [0.717, 1.165) is 0 Å². The summed E-state index contributed by atoms with van der Waals surface area (Å²) in [6, 6.07) is 12.0. The fourth-order valence-electron chi connectivity index (χ4n) is 1.75. The molecule has 0 aromatic heterocycles. The van der Waals surface area contributed by atoms with Crippen molar-refractivity contribution in [3.63, 3.8) is 0 Å². The highest BCUT2D eigenvalue weighted by Gasteiger charge is 2.32. The van der Waals surface area contributed by atoms with Gasteiger partial charge in [-0.1, -0.05) is 24.3 Å². The summed E-state index contributed by atoms with van der Waals surface area (Å²) in [5.41, 5.74) is 6.83. The number of nitrogen functional groups attached to an aromatic ring is 1. The normalized spacial score (nSPS) is 10.9. The van der Waals surface area contributed by atoms with E-state index in [-0.39, 0.29) is 22.6 Å². The minimum Gasteiger partial charge on any atom is -0.405 e. The maximum absolute atomic E-state index is 12.3. The van der Waals surface area contributed by atoms with Crippen molar-refractivity contribution < 1.29 is 17.9 Å². The number of nitriles is 1. The van der Waals surface area contributed by atoms with Gasteiger partial charge in [0.15, 0.2) is 0 Å². The molecule has 0 spiro atoms. The van der Waals surface area contributed by atoms with Gasteiger partial charge in [0, 0.05) is 5.56 Å². The molecule has 0 amide bonds. The molecule has 102 valence electrons. The van der Waals surface area contributed by atoms with Crippen LogP contribution in [0, 0.1) is 11.3 Å². The molecule has 0 heterocycles. The van der Waals surface area contributed by atoms with Crippen molar-refractivity contribution in [2.75, 3.05) is 5.73 Å². The Hall–Kier alpha value is -2.68. The molecule has 0 atom stereocenters. The minimum atomic E-state index is -4.77. The molecule has 2 rings (SSSR count). The van der Waals surface area contributed by atoms with Crippen molar-refractivity contribution >= 4 is 5.69 Å². The molecule has 0 aliphatic carbocycles. The van der Waals surface area contributed by atoms with Crippen LogP contribution in [0.2, 0.25) is 0 Å². The molecule has 0 bridgehead atoms. The van der Waals surface area contributed by atoms with E-state index >= 15 is 0 Å². The average Bonchev–Trinajstić information content (AvgIpc) is 2.37. The Morgan fingerprint density at radius 2 is 1.80 bits per heavy atom. The Labute approximate surface area is 113 Å². The molecule has 0 unspecified atom stereocenters. The van der Waals surface area contributed by atoms with Crippen LogP contribution in [0.25, 0.3) is 11.1 Å². The number of benzene rings is 2. The number of para-hydroxylation sites is 1. The molecule has 0 saturated heterocycles. The number of halogens is 3. The summed E-state index contributed by atoms with van der Waals surface area (Å²) in [5, 5.41) is 8.78. The average molecular weight is 278 g/mol. The number of nitrogens with two attached hydrogens (primary N) is 1. The van der Waals surface area contributed by atoms with E-state index in [1.807, 2.05) is 6.07 Å². The van der Waals surface area contributed by atoms with Crippen molar-refractivity contribution in [2.45, 2.75) is 6.36 Å². The van der Waals surface area contributed by atoms with Crippen LogP contribution in [0.5, 0.6) is 5.75 Å². The van der Waals surface area contributed by atoms with Crippen LogP contribution >= 0.6 is 0 Å². The Bertz CT molecular complexity index is 675. The van der Waals surface area contributed by atoms with Gasteiger partial charge in [0.2, 0.25) is 0 Å². The van der Waals surface area contributed by atoms with E-state index in [1.165, 1.54) is 36.4 Å². The molecule has 2 aromatic rings. The van der Waals surface area contributed by atoms with Crippen LogP contribution in [0.4, 0.5) is 18.9 Å². The lowest BCUT2D eigenvalue weighted by atomic mass is 10.0. The Kier molecular flexibility index (Phi) is 3.53. The van der Waals surface area contributed by atoms with E-state index in [0.29, 0.717) is 5.56 Å². The van der Waals surface area contributed by atoms with Crippen LogP contribution in [-0.4, -0.2) is 6.36 Å². The number of nitrogens with zero attached hydrogens (tertiary/aromatic N) is 1. The van der Waals surface area contributed by atoms with Gasteiger partial charge in [0.25, 0.3) is 0 Å². The summed E-state index contributed by atoms with van der Waals surface area (Å²) >= 11 is 0. The topological polar surface area (TPSA) is 59.0 Å². The van der Waals surface area contributed by atoms with Gasteiger partial charge >= 0.3 is 6.36 Å². The number of anilines is 1. The number of alkyl halides is 3. The van der Waals surface area contributed by atoms with E-state index in [4.69, 9.17) is 11.0 Å². The van der Waals surface area contributed by atoms with Gasteiger partial charge in [-0.3, -0.25) is 0 Å². The van der Waals surface area contributed by atoms with E-state index in [2.05, 4.69) is 4.74 Å². The maximum Gasteiger partial charge on any atom is 0.573 e. The first-order valence-electron chi connectivity index (χ1n) is 5.55. The summed E-state index contributed by atoms with van der Waals surface area (Å²) in [6.07, 6.45) is -4.77. The van der Waals surface area contributed by atoms with Crippen molar-refractivity contribution in [2.24, 2.45) is 0 Å². The second kappa shape index (κ2) is 5.13. The minimum absolute atomic E-state index is 0.201. The molecule has 20 heavy (non-hydrogen) atoms. The second-order valence-corrected chi connectivity index (χ2v) is 3.96. The Balaban J connectivity index is 2.48. The lowest BCUT2D eigenvalue weighted by molar-refractivity contribution is -0.274. The zero-order chi connectivity index (χ0) is 14.8. The fraction of sp³-hybridized carbons (Fsp3) is 0.0714. The van der Waals surface area contributed by atoms with Gasteiger partial charge in [-0.25, -0.2) is 0 Å². The van der Waals surface area contributed by atoms with E-state index in [1.54, 1.807) is 6.07 Å². The van der Waals surface area contributed by atoms with Crippen molar-refractivity contribution in [1.82, 2.24) is 0 Å². The van der Waals surface area contributed by atoms with Crippen LogP contribution in [-0.2, 0) is 0 Å². The molecular formula is C14H9F3N2O. The lowest BCUT2D eigenvalue weighted by Gasteiger charge is -2.13. The van der Waals surface area contributed by atoms with Crippen LogP contribution < -0.4 is 10.5 Å². The Morgan fingerprint density at radius 1 is 1.10 bits per heavy atom. The molecule has 3 nitrogen and oxygen atoms in total. The fourth-order valence-corrected chi connectivity index (χ4v) is 1.75. The predicted molar refractivity (Wildman–Crippen MR) is 67.7 cm³/mol. The van der Waals surface area contributed by atoms with E-state index in [9.17, 15) is 13.2 Å². The molecule has 2 N–H and O–H groups in total. The largest absolute Gasteiger partial charge is 0.573 e. The quantitative estimate of drug-likeness (QED) is 0.852. The van der Waals surface area contributed by atoms with Gasteiger partial charge in [-0.15, -0.1) is 13.2 Å². The zero-order valence-corrected chi connectivity index (χ0v) is 10.1. The highest BCUT2D eigenvalue weighted by Crippen LogP contribution is 2.34. The summed E-state index contributed by atoms with van der Waals surface area (Å²) in [4.78, 5) is 0. The van der Waals surface area contributed by atoms with Crippen molar-refractivity contribution in [3.8, 4) is 22.9 Å². The summed E-state index contributed by atoms with van der Waals surface area (Å²) in [7, 11) is 0. The molecule has 0 aliphatic heterocycles. The first-order chi connectivity index (χ1) is 9.40. The summed E-state index contributed by atoms with van der Waals surface area (Å²) in [6.45, 7) is 0. The zero-order valence-electron chi connectivity index (χ0n) is 10.1. The van der Waals surface area contributed by atoms with Gasteiger partial charge in [-0.2, -0.15) is 5.26 Å². The molecular weight excluding hydrogens is 269 g/mol. The first kappa shape index (κ1) is 13.7. The molecule has 0 saturated carbocycles. The third-order valence-corrected chi connectivity index (χ3v) is 2.60. The van der Waals surface area contributed by atoms with Crippen molar-refractivity contribution in [3.05, 3.63) is 48.0 Å². The number of ether oxygens (including phenoxy) is 1.